The summed E-state index contributed by atoms with van der Waals surface area (Å²) in [5.41, 5.74) is -0.896. The van der Waals surface area contributed by atoms with Gasteiger partial charge in [0.1, 0.15) is 5.82 Å². The van der Waals surface area contributed by atoms with Gasteiger partial charge in [-0.1, -0.05) is 11.6 Å². The predicted octanol–water partition coefficient (Wildman–Crippen LogP) is 4.13. The Bertz CT molecular complexity index is 647. The van der Waals surface area contributed by atoms with Crippen LogP contribution in [-0.4, -0.2) is 5.78 Å². The van der Waals surface area contributed by atoms with Gasteiger partial charge in [-0.2, -0.15) is 0 Å². The Morgan fingerprint density at radius 1 is 0.895 bits per heavy atom. The van der Waals surface area contributed by atoms with Crippen LogP contribution in [0.1, 0.15) is 15.9 Å². The van der Waals surface area contributed by atoms with Gasteiger partial charge in [-0.05, 0) is 30.3 Å². The molecule has 0 aliphatic rings. The smallest absolute Gasteiger partial charge is 0.196 e. The van der Waals surface area contributed by atoms with Gasteiger partial charge < -0.3 is 0 Å². The first kappa shape index (κ1) is 13.5. The second-order valence-electron chi connectivity index (χ2n) is 3.71. The van der Waals surface area contributed by atoms with E-state index in [0.717, 1.165) is 12.1 Å². The lowest BCUT2D eigenvalue weighted by atomic mass is 10.0. The van der Waals surface area contributed by atoms with E-state index in [0.29, 0.717) is 12.1 Å². The number of ketones is 1. The minimum atomic E-state index is -1.69. The highest BCUT2D eigenvalue weighted by atomic mass is 35.5. The van der Waals surface area contributed by atoms with Gasteiger partial charge in [-0.15, -0.1) is 0 Å². The summed E-state index contributed by atoms with van der Waals surface area (Å²) in [5.74, 6) is -6.61. The second kappa shape index (κ2) is 5.01. The molecule has 1 nitrogen and oxygen atoms in total. The number of carbonyl (C=O) groups excluding carboxylic acids is 1. The second-order valence-corrected chi connectivity index (χ2v) is 4.14. The molecule has 0 saturated carbocycles. The highest BCUT2D eigenvalue weighted by molar-refractivity contribution is 6.30. The molecule has 0 radical (unpaired) electrons. The normalized spacial score (nSPS) is 10.6. The van der Waals surface area contributed by atoms with Crippen LogP contribution < -0.4 is 0 Å². The van der Waals surface area contributed by atoms with E-state index in [2.05, 4.69) is 0 Å². The molecule has 2 aromatic rings. The summed E-state index contributed by atoms with van der Waals surface area (Å²) >= 11 is 5.52. The highest BCUT2D eigenvalue weighted by Crippen LogP contribution is 2.20. The predicted molar refractivity (Wildman–Crippen MR) is 61.2 cm³/mol. The molecule has 0 aliphatic carbocycles. The van der Waals surface area contributed by atoms with E-state index in [9.17, 15) is 22.4 Å². The molecule has 0 bridgehead atoms. The Kier molecular flexibility index (Phi) is 3.57. The molecule has 98 valence electrons. The van der Waals surface area contributed by atoms with Gasteiger partial charge in [-0.25, -0.2) is 17.6 Å². The van der Waals surface area contributed by atoms with Gasteiger partial charge >= 0.3 is 0 Å². The molecule has 0 heterocycles. The van der Waals surface area contributed by atoms with Crippen molar-refractivity contribution in [3.05, 3.63) is 69.8 Å². The van der Waals surface area contributed by atoms with Gasteiger partial charge in [0.15, 0.2) is 23.2 Å². The summed E-state index contributed by atoms with van der Waals surface area (Å²) in [6, 6.07) is 4.25. The lowest BCUT2D eigenvalue weighted by Gasteiger charge is -2.04. The third-order valence-corrected chi connectivity index (χ3v) is 2.66. The van der Waals surface area contributed by atoms with Crippen molar-refractivity contribution >= 4 is 17.4 Å². The van der Waals surface area contributed by atoms with Crippen molar-refractivity contribution in [1.29, 1.82) is 0 Å². The van der Waals surface area contributed by atoms with Crippen molar-refractivity contribution in [2.75, 3.05) is 0 Å². The monoisotopic (exact) mass is 288 g/mol. The number of benzene rings is 2. The number of hydrogen-bond donors (Lipinski definition) is 0. The van der Waals surface area contributed by atoms with Crippen LogP contribution in [-0.2, 0) is 0 Å². The van der Waals surface area contributed by atoms with Crippen molar-refractivity contribution in [3.63, 3.8) is 0 Å². The van der Waals surface area contributed by atoms with Crippen LogP contribution in [0.3, 0.4) is 0 Å². The molecule has 0 unspecified atom stereocenters. The quantitative estimate of drug-likeness (QED) is 0.461. The maximum absolute atomic E-state index is 13.5. The molecular formula is C13H5ClF4O. The fourth-order valence-corrected chi connectivity index (χ4v) is 1.67. The summed E-state index contributed by atoms with van der Waals surface area (Å²) < 4.78 is 52.3. The standard InChI is InChI=1S/C13H5ClF4O/c14-7-1-2-8(9(15)5-7)13(19)6-3-10(16)12(18)11(17)4-6/h1-5H. The van der Waals surface area contributed by atoms with E-state index in [1.165, 1.54) is 6.07 Å². The van der Waals surface area contributed by atoms with Crippen molar-refractivity contribution < 1.29 is 22.4 Å². The van der Waals surface area contributed by atoms with Crippen molar-refractivity contribution in [3.8, 4) is 0 Å². The summed E-state index contributed by atoms with van der Waals surface area (Å²) in [4.78, 5) is 11.9. The largest absolute Gasteiger partial charge is 0.288 e. The number of hydrogen-bond acceptors (Lipinski definition) is 1. The van der Waals surface area contributed by atoms with Gasteiger partial charge in [-0.3, -0.25) is 4.79 Å². The first-order chi connectivity index (χ1) is 8.90. The third kappa shape index (κ3) is 2.61. The van der Waals surface area contributed by atoms with E-state index in [1.54, 1.807) is 0 Å². The molecule has 0 aromatic heterocycles. The van der Waals surface area contributed by atoms with Crippen molar-refractivity contribution in [1.82, 2.24) is 0 Å². The Balaban J connectivity index is 2.50. The van der Waals surface area contributed by atoms with Crippen LogP contribution in [0, 0.1) is 23.3 Å². The molecule has 19 heavy (non-hydrogen) atoms. The van der Waals surface area contributed by atoms with E-state index >= 15 is 0 Å². The molecular weight excluding hydrogens is 284 g/mol. The van der Waals surface area contributed by atoms with Gasteiger partial charge in [0.25, 0.3) is 0 Å². The molecule has 0 fully saturated rings. The zero-order chi connectivity index (χ0) is 14.2. The summed E-state index contributed by atoms with van der Waals surface area (Å²) in [6.45, 7) is 0. The van der Waals surface area contributed by atoms with Crippen LogP contribution in [0.2, 0.25) is 5.02 Å². The Hall–Kier alpha value is -1.88. The van der Waals surface area contributed by atoms with E-state index < -0.39 is 40.2 Å². The van der Waals surface area contributed by atoms with Crippen molar-refractivity contribution in [2.24, 2.45) is 0 Å². The summed E-state index contributed by atoms with van der Waals surface area (Å²) in [5, 5.41) is 0.0746. The van der Waals surface area contributed by atoms with Gasteiger partial charge in [0.2, 0.25) is 0 Å². The molecule has 2 aromatic carbocycles. The lowest BCUT2D eigenvalue weighted by molar-refractivity contribution is 0.103. The maximum Gasteiger partial charge on any atom is 0.196 e. The van der Waals surface area contributed by atoms with Crippen LogP contribution >= 0.6 is 11.6 Å². The van der Waals surface area contributed by atoms with E-state index in [-0.39, 0.29) is 5.02 Å². The van der Waals surface area contributed by atoms with Crippen LogP contribution in [0.5, 0.6) is 0 Å². The Labute approximate surface area is 110 Å². The lowest BCUT2D eigenvalue weighted by Crippen LogP contribution is -2.06. The van der Waals surface area contributed by atoms with Gasteiger partial charge in [0.05, 0.1) is 5.56 Å². The number of carbonyl (C=O) groups is 1. The van der Waals surface area contributed by atoms with E-state index in [4.69, 9.17) is 11.6 Å². The van der Waals surface area contributed by atoms with Crippen molar-refractivity contribution in [2.45, 2.75) is 0 Å². The number of rotatable bonds is 2. The average molecular weight is 289 g/mol. The fraction of sp³-hybridized carbons (Fsp3) is 0. The highest BCUT2D eigenvalue weighted by Gasteiger charge is 2.19. The van der Waals surface area contributed by atoms with Gasteiger partial charge in [0, 0.05) is 10.6 Å². The van der Waals surface area contributed by atoms with E-state index in [1.807, 2.05) is 0 Å². The SMILES string of the molecule is O=C(c1cc(F)c(F)c(F)c1)c1ccc(Cl)cc1F. The minimum Gasteiger partial charge on any atom is -0.288 e. The van der Waals surface area contributed by atoms with Crippen LogP contribution in [0.25, 0.3) is 0 Å². The first-order valence-electron chi connectivity index (χ1n) is 5.04. The number of halogens is 5. The summed E-state index contributed by atoms with van der Waals surface area (Å²) in [7, 11) is 0. The molecule has 0 saturated heterocycles. The Morgan fingerprint density at radius 2 is 1.47 bits per heavy atom. The zero-order valence-corrected chi connectivity index (χ0v) is 9.94. The first-order valence-corrected chi connectivity index (χ1v) is 5.42. The molecule has 0 N–H and O–H groups in total. The van der Waals surface area contributed by atoms with Crippen LogP contribution in [0.4, 0.5) is 17.6 Å². The Morgan fingerprint density at radius 3 is 2.00 bits per heavy atom. The zero-order valence-electron chi connectivity index (χ0n) is 9.18. The summed E-state index contributed by atoms with van der Waals surface area (Å²) in [6.07, 6.45) is 0. The molecule has 0 aliphatic heterocycles. The fourth-order valence-electron chi connectivity index (χ4n) is 1.52. The molecule has 6 heteroatoms. The maximum atomic E-state index is 13.5. The average Bonchev–Trinajstić information content (AvgIpc) is 2.34. The van der Waals surface area contributed by atoms with Crippen LogP contribution in [0.15, 0.2) is 30.3 Å². The molecule has 0 amide bonds. The molecule has 2 rings (SSSR count). The third-order valence-electron chi connectivity index (χ3n) is 2.42. The topological polar surface area (TPSA) is 17.1 Å². The molecule has 0 spiro atoms. The minimum absolute atomic E-state index is 0.0746. The molecule has 0 atom stereocenters.